The van der Waals surface area contributed by atoms with E-state index in [9.17, 15) is 4.79 Å². The first kappa shape index (κ1) is 16.2. The van der Waals surface area contributed by atoms with Crippen LogP contribution in [0.15, 0.2) is 22.7 Å². The molecule has 6 heteroatoms. The van der Waals surface area contributed by atoms with Gasteiger partial charge >= 0.3 is 0 Å². The van der Waals surface area contributed by atoms with Crippen molar-refractivity contribution in [2.45, 2.75) is 13.0 Å². The molecule has 0 aromatic heterocycles. The van der Waals surface area contributed by atoms with E-state index < -0.39 is 0 Å². The first-order valence-electron chi connectivity index (χ1n) is 4.93. The van der Waals surface area contributed by atoms with Gasteiger partial charge in [-0.25, -0.2) is 0 Å². The zero-order valence-electron chi connectivity index (χ0n) is 9.70. The molecule has 1 amide bonds. The number of carbonyl (C=O) groups excluding carboxylic acids is 1. The predicted molar refractivity (Wildman–Crippen MR) is 73.9 cm³/mol. The Balaban J connectivity index is 0.00000256. The van der Waals surface area contributed by atoms with Crippen LogP contribution in [-0.4, -0.2) is 25.6 Å². The van der Waals surface area contributed by atoms with Gasteiger partial charge in [0.2, 0.25) is 0 Å². The van der Waals surface area contributed by atoms with Crippen LogP contribution in [0, 0.1) is 0 Å². The summed E-state index contributed by atoms with van der Waals surface area (Å²) in [4.78, 5) is 11.7. The highest BCUT2D eigenvalue weighted by atomic mass is 79.9. The van der Waals surface area contributed by atoms with Gasteiger partial charge in [0, 0.05) is 18.2 Å². The van der Waals surface area contributed by atoms with Crippen molar-refractivity contribution >= 4 is 34.2 Å². The lowest BCUT2D eigenvalue weighted by atomic mass is 10.2. The molecule has 0 unspecified atom stereocenters. The van der Waals surface area contributed by atoms with E-state index in [2.05, 4.69) is 21.2 Å². The minimum atomic E-state index is -0.138. The third kappa shape index (κ3) is 4.53. The number of carbonyl (C=O) groups is 1. The van der Waals surface area contributed by atoms with Crippen LogP contribution in [0.3, 0.4) is 0 Å². The molecule has 0 aliphatic heterocycles. The summed E-state index contributed by atoms with van der Waals surface area (Å²) in [6, 6.07) is 5.14. The molecule has 3 N–H and O–H groups in total. The largest absolute Gasteiger partial charge is 0.496 e. The minimum Gasteiger partial charge on any atom is -0.496 e. The van der Waals surface area contributed by atoms with Gasteiger partial charge in [-0.3, -0.25) is 4.79 Å². The maximum absolute atomic E-state index is 11.7. The second-order valence-corrected chi connectivity index (χ2v) is 4.31. The topological polar surface area (TPSA) is 64.3 Å². The average molecular weight is 324 g/mol. The van der Waals surface area contributed by atoms with Crippen LogP contribution >= 0.6 is 28.3 Å². The SMILES string of the molecule is COc1ccc(C(=O)N[C@H](C)CN)cc1Br.Cl. The summed E-state index contributed by atoms with van der Waals surface area (Å²) in [6.07, 6.45) is 0. The van der Waals surface area contributed by atoms with Gasteiger partial charge in [0.15, 0.2) is 0 Å². The molecular formula is C11H16BrClN2O2. The average Bonchev–Trinajstić information content (AvgIpc) is 2.28. The van der Waals surface area contributed by atoms with Crippen molar-refractivity contribution in [3.63, 3.8) is 0 Å². The van der Waals surface area contributed by atoms with Crippen LogP contribution in [0.5, 0.6) is 5.75 Å². The van der Waals surface area contributed by atoms with Gasteiger partial charge in [-0.05, 0) is 41.1 Å². The summed E-state index contributed by atoms with van der Waals surface area (Å²) < 4.78 is 5.84. The fraction of sp³-hybridized carbons (Fsp3) is 0.364. The molecule has 17 heavy (non-hydrogen) atoms. The maximum atomic E-state index is 11.7. The molecule has 1 atom stereocenters. The van der Waals surface area contributed by atoms with E-state index in [0.29, 0.717) is 17.9 Å². The van der Waals surface area contributed by atoms with Crippen molar-refractivity contribution in [1.29, 1.82) is 0 Å². The smallest absolute Gasteiger partial charge is 0.251 e. The molecule has 0 aliphatic carbocycles. The Morgan fingerprint density at radius 1 is 1.59 bits per heavy atom. The molecular weight excluding hydrogens is 307 g/mol. The Hall–Kier alpha value is -0.780. The number of nitrogens with one attached hydrogen (secondary N) is 1. The minimum absolute atomic E-state index is 0. The molecule has 1 aromatic carbocycles. The number of nitrogens with two attached hydrogens (primary N) is 1. The van der Waals surface area contributed by atoms with Gasteiger partial charge < -0.3 is 15.8 Å². The number of benzene rings is 1. The first-order chi connectivity index (χ1) is 7.58. The highest BCUT2D eigenvalue weighted by Crippen LogP contribution is 2.25. The van der Waals surface area contributed by atoms with Gasteiger partial charge in [0.1, 0.15) is 5.75 Å². The summed E-state index contributed by atoms with van der Waals surface area (Å²) in [5, 5.41) is 2.78. The van der Waals surface area contributed by atoms with E-state index in [-0.39, 0.29) is 24.4 Å². The van der Waals surface area contributed by atoms with Crippen molar-refractivity contribution < 1.29 is 9.53 Å². The van der Waals surface area contributed by atoms with Gasteiger partial charge in [-0.15, -0.1) is 12.4 Å². The van der Waals surface area contributed by atoms with Crippen molar-refractivity contribution in [2.24, 2.45) is 5.73 Å². The molecule has 0 saturated heterocycles. The molecule has 0 bridgehead atoms. The summed E-state index contributed by atoms with van der Waals surface area (Å²) in [5.41, 5.74) is 6.01. The van der Waals surface area contributed by atoms with Crippen LogP contribution in [-0.2, 0) is 0 Å². The maximum Gasteiger partial charge on any atom is 0.251 e. The summed E-state index contributed by atoms with van der Waals surface area (Å²) >= 11 is 3.33. The van der Waals surface area contributed by atoms with Crippen molar-refractivity contribution in [3.05, 3.63) is 28.2 Å². The fourth-order valence-electron chi connectivity index (χ4n) is 1.17. The third-order valence-electron chi connectivity index (χ3n) is 2.15. The van der Waals surface area contributed by atoms with Crippen molar-refractivity contribution in [3.8, 4) is 5.75 Å². The number of hydrogen-bond acceptors (Lipinski definition) is 3. The number of hydrogen-bond donors (Lipinski definition) is 2. The van der Waals surface area contributed by atoms with Crippen LogP contribution in [0.4, 0.5) is 0 Å². The number of methoxy groups -OCH3 is 1. The van der Waals surface area contributed by atoms with Gasteiger partial charge in [-0.2, -0.15) is 0 Å². The van der Waals surface area contributed by atoms with Crippen LogP contribution < -0.4 is 15.8 Å². The number of amides is 1. The second-order valence-electron chi connectivity index (χ2n) is 3.46. The van der Waals surface area contributed by atoms with E-state index >= 15 is 0 Å². The van der Waals surface area contributed by atoms with Gasteiger partial charge in [0.05, 0.1) is 11.6 Å². The molecule has 0 radical (unpaired) electrons. The highest BCUT2D eigenvalue weighted by Gasteiger charge is 2.10. The second kappa shape index (κ2) is 7.53. The van der Waals surface area contributed by atoms with Crippen LogP contribution in [0.2, 0.25) is 0 Å². The number of rotatable bonds is 4. The molecule has 0 heterocycles. The van der Waals surface area contributed by atoms with E-state index in [1.54, 1.807) is 25.3 Å². The van der Waals surface area contributed by atoms with Crippen molar-refractivity contribution in [2.75, 3.05) is 13.7 Å². The zero-order valence-corrected chi connectivity index (χ0v) is 12.1. The highest BCUT2D eigenvalue weighted by molar-refractivity contribution is 9.10. The Bertz CT molecular complexity index is 388. The van der Waals surface area contributed by atoms with E-state index in [1.807, 2.05) is 6.92 Å². The monoisotopic (exact) mass is 322 g/mol. The Morgan fingerprint density at radius 3 is 2.71 bits per heavy atom. The van der Waals surface area contributed by atoms with Crippen LogP contribution in [0.1, 0.15) is 17.3 Å². The molecule has 96 valence electrons. The first-order valence-corrected chi connectivity index (χ1v) is 5.72. The summed E-state index contributed by atoms with van der Waals surface area (Å²) in [7, 11) is 1.58. The normalized spacial score (nSPS) is 11.3. The van der Waals surface area contributed by atoms with Crippen molar-refractivity contribution in [1.82, 2.24) is 5.32 Å². The van der Waals surface area contributed by atoms with E-state index in [4.69, 9.17) is 10.5 Å². The van der Waals surface area contributed by atoms with Gasteiger partial charge in [-0.1, -0.05) is 0 Å². The quantitative estimate of drug-likeness (QED) is 0.890. The predicted octanol–water partition coefficient (Wildman–Crippen LogP) is 1.96. The summed E-state index contributed by atoms with van der Waals surface area (Å²) in [6.45, 7) is 2.28. The molecule has 0 aliphatic rings. The lowest BCUT2D eigenvalue weighted by Gasteiger charge is -2.12. The summed E-state index contributed by atoms with van der Waals surface area (Å²) in [5.74, 6) is 0.560. The van der Waals surface area contributed by atoms with Gasteiger partial charge in [0.25, 0.3) is 5.91 Å². The molecule has 1 rings (SSSR count). The lowest BCUT2D eigenvalue weighted by Crippen LogP contribution is -2.37. The lowest BCUT2D eigenvalue weighted by molar-refractivity contribution is 0.0941. The standard InChI is InChI=1S/C11H15BrN2O2.ClH/c1-7(6-13)14-11(15)8-3-4-10(16-2)9(12)5-8;/h3-5,7H,6,13H2,1-2H3,(H,14,15);1H/t7-;/m1./s1. The fourth-order valence-corrected chi connectivity index (χ4v) is 1.71. The van der Waals surface area contributed by atoms with E-state index in [1.165, 1.54) is 0 Å². The van der Waals surface area contributed by atoms with Crippen LogP contribution in [0.25, 0.3) is 0 Å². The molecule has 4 nitrogen and oxygen atoms in total. The Labute approximate surface area is 115 Å². The number of halogens is 2. The molecule has 0 spiro atoms. The zero-order chi connectivity index (χ0) is 12.1. The van der Waals surface area contributed by atoms with E-state index in [0.717, 1.165) is 4.47 Å². The molecule has 1 aromatic rings. The Morgan fingerprint density at radius 2 is 2.24 bits per heavy atom. The molecule has 0 fully saturated rings. The molecule has 0 saturated carbocycles. The third-order valence-corrected chi connectivity index (χ3v) is 2.76. The Kier molecular flexibility index (Phi) is 7.18. The number of ether oxygens (including phenoxy) is 1.